The second-order valence-corrected chi connectivity index (χ2v) is 4.63. The average Bonchev–Trinajstić information content (AvgIpc) is 2.22. The first-order valence-corrected chi connectivity index (χ1v) is 5.18. The fourth-order valence-corrected chi connectivity index (χ4v) is 1.31. The van der Waals surface area contributed by atoms with Crippen LogP contribution in [-0.4, -0.2) is 11.3 Å². The Morgan fingerprint density at radius 2 is 1.82 bits per heavy atom. The summed E-state index contributed by atoms with van der Waals surface area (Å²) < 4.78 is 38.8. The Labute approximate surface area is 97.6 Å². The number of ketones is 1. The molecule has 17 heavy (non-hydrogen) atoms. The normalized spacial score (nSPS) is 11.6. The highest BCUT2D eigenvalue weighted by Crippen LogP contribution is 2.18. The highest BCUT2D eigenvalue weighted by atomic mass is 19.2. The fourth-order valence-electron chi connectivity index (χ4n) is 1.31. The number of rotatable bonds is 4. The third kappa shape index (κ3) is 3.56. The van der Waals surface area contributed by atoms with Crippen LogP contribution in [0.1, 0.15) is 37.0 Å². The third-order valence-corrected chi connectivity index (χ3v) is 2.33. The molecule has 0 bridgehead atoms. The van der Waals surface area contributed by atoms with Crippen LogP contribution in [0.5, 0.6) is 0 Å². The molecule has 1 aromatic rings. The standard InChI is InChI=1S/C12H14F3NO/c1-12(2,16)6-5-9(17)7-3-4-8(13)11(15)10(7)14/h3-4H,5-6,16H2,1-2H3. The summed E-state index contributed by atoms with van der Waals surface area (Å²) in [4.78, 5) is 11.6. The van der Waals surface area contributed by atoms with Gasteiger partial charge in [-0.15, -0.1) is 0 Å². The molecule has 0 amide bonds. The summed E-state index contributed by atoms with van der Waals surface area (Å²) in [7, 11) is 0. The molecule has 0 radical (unpaired) electrons. The van der Waals surface area contributed by atoms with Crippen molar-refractivity contribution < 1.29 is 18.0 Å². The van der Waals surface area contributed by atoms with Crippen molar-refractivity contribution in [2.24, 2.45) is 5.73 Å². The van der Waals surface area contributed by atoms with Gasteiger partial charge in [0.2, 0.25) is 0 Å². The molecule has 1 rings (SSSR count). The summed E-state index contributed by atoms with van der Waals surface area (Å²) >= 11 is 0. The summed E-state index contributed by atoms with van der Waals surface area (Å²) in [5, 5.41) is 0. The van der Waals surface area contributed by atoms with Crippen LogP contribution < -0.4 is 5.73 Å². The lowest BCUT2D eigenvalue weighted by Gasteiger charge is -2.17. The molecule has 94 valence electrons. The van der Waals surface area contributed by atoms with Crippen LogP contribution in [0.4, 0.5) is 13.2 Å². The molecule has 2 N–H and O–H groups in total. The smallest absolute Gasteiger partial charge is 0.195 e. The summed E-state index contributed by atoms with van der Waals surface area (Å²) in [6.45, 7) is 3.45. The van der Waals surface area contributed by atoms with E-state index in [1.807, 2.05) is 0 Å². The van der Waals surface area contributed by atoms with Gasteiger partial charge in [0.05, 0.1) is 5.56 Å². The van der Waals surface area contributed by atoms with Crippen LogP contribution >= 0.6 is 0 Å². The van der Waals surface area contributed by atoms with Crippen molar-refractivity contribution >= 4 is 5.78 Å². The van der Waals surface area contributed by atoms with E-state index >= 15 is 0 Å². The van der Waals surface area contributed by atoms with E-state index in [0.717, 1.165) is 12.1 Å². The molecule has 0 spiro atoms. The maximum atomic E-state index is 13.3. The van der Waals surface area contributed by atoms with Crippen molar-refractivity contribution in [3.63, 3.8) is 0 Å². The van der Waals surface area contributed by atoms with Crippen LogP contribution in [-0.2, 0) is 0 Å². The summed E-state index contributed by atoms with van der Waals surface area (Å²) in [5.74, 6) is -4.95. The van der Waals surface area contributed by atoms with E-state index in [9.17, 15) is 18.0 Å². The van der Waals surface area contributed by atoms with E-state index in [1.165, 1.54) is 0 Å². The van der Waals surface area contributed by atoms with Gasteiger partial charge in [-0.3, -0.25) is 4.79 Å². The van der Waals surface area contributed by atoms with Gasteiger partial charge in [0.15, 0.2) is 23.2 Å². The number of halogens is 3. The van der Waals surface area contributed by atoms with Crippen LogP contribution in [0, 0.1) is 17.5 Å². The van der Waals surface area contributed by atoms with Crippen molar-refractivity contribution in [3.05, 3.63) is 35.1 Å². The van der Waals surface area contributed by atoms with Gasteiger partial charge in [-0.1, -0.05) is 0 Å². The molecule has 0 saturated carbocycles. The van der Waals surface area contributed by atoms with Crippen molar-refractivity contribution in [2.45, 2.75) is 32.2 Å². The Bertz CT molecular complexity index is 438. The van der Waals surface area contributed by atoms with Gasteiger partial charge < -0.3 is 5.73 Å². The van der Waals surface area contributed by atoms with E-state index in [1.54, 1.807) is 13.8 Å². The van der Waals surface area contributed by atoms with Crippen molar-refractivity contribution in [1.29, 1.82) is 0 Å². The van der Waals surface area contributed by atoms with Crippen LogP contribution in [0.25, 0.3) is 0 Å². The summed E-state index contributed by atoms with van der Waals surface area (Å²) in [6.07, 6.45) is 0.329. The zero-order chi connectivity index (χ0) is 13.2. The maximum absolute atomic E-state index is 13.3. The third-order valence-electron chi connectivity index (χ3n) is 2.33. The number of nitrogens with two attached hydrogens (primary N) is 1. The van der Waals surface area contributed by atoms with E-state index < -0.39 is 34.3 Å². The van der Waals surface area contributed by atoms with Gasteiger partial charge >= 0.3 is 0 Å². The molecule has 0 aliphatic heterocycles. The Kier molecular flexibility index (Phi) is 3.93. The molecule has 0 aliphatic rings. The molecule has 5 heteroatoms. The number of carbonyl (C=O) groups is 1. The molecular formula is C12H14F3NO. The molecule has 0 atom stereocenters. The Hall–Kier alpha value is -1.36. The average molecular weight is 245 g/mol. The Morgan fingerprint density at radius 3 is 2.35 bits per heavy atom. The van der Waals surface area contributed by atoms with Gasteiger partial charge in [0, 0.05) is 12.0 Å². The number of hydrogen-bond acceptors (Lipinski definition) is 2. The predicted molar refractivity (Wildman–Crippen MR) is 58.1 cm³/mol. The quantitative estimate of drug-likeness (QED) is 0.654. The summed E-state index contributed by atoms with van der Waals surface area (Å²) in [5.41, 5.74) is 4.67. The first-order chi connectivity index (χ1) is 7.72. The predicted octanol–water partition coefficient (Wildman–Crippen LogP) is 2.80. The second kappa shape index (κ2) is 4.87. The number of hydrogen-bond donors (Lipinski definition) is 1. The van der Waals surface area contributed by atoms with E-state index in [4.69, 9.17) is 5.73 Å². The molecule has 0 heterocycles. The Balaban J connectivity index is 2.87. The minimum absolute atomic E-state index is 0.00844. The summed E-state index contributed by atoms with van der Waals surface area (Å²) in [6, 6.07) is 1.68. The molecule has 2 nitrogen and oxygen atoms in total. The van der Waals surface area contributed by atoms with Crippen LogP contribution in [0.15, 0.2) is 12.1 Å². The zero-order valence-corrected chi connectivity index (χ0v) is 9.69. The van der Waals surface area contributed by atoms with Crippen molar-refractivity contribution in [1.82, 2.24) is 0 Å². The number of carbonyl (C=O) groups excluding carboxylic acids is 1. The van der Waals surface area contributed by atoms with E-state index in [0.29, 0.717) is 6.42 Å². The number of Topliss-reactive ketones (excluding diaryl/α,β-unsaturated/α-hetero) is 1. The lowest BCUT2D eigenvalue weighted by Crippen LogP contribution is -2.32. The van der Waals surface area contributed by atoms with Crippen LogP contribution in [0.2, 0.25) is 0 Å². The second-order valence-electron chi connectivity index (χ2n) is 4.63. The van der Waals surface area contributed by atoms with Gasteiger partial charge in [0.1, 0.15) is 0 Å². The molecule has 0 fully saturated rings. The lowest BCUT2D eigenvalue weighted by atomic mass is 9.96. The number of benzene rings is 1. The highest BCUT2D eigenvalue weighted by molar-refractivity contribution is 5.96. The van der Waals surface area contributed by atoms with Gasteiger partial charge in [0.25, 0.3) is 0 Å². The minimum atomic E-state index is -1.62. The molecule has 0 aromatic heterocycles. The van der Waals surface area contributed by atoms with Gasteiger partial charge in [-0.25, -0.2) is 13.2 Å². The maximum Gasteiger partial charge on any atom is 0.195 e. The van der Waals surface area contributed by atoms with Gasteiger partial charge in [-0.05, 0) is 32.4 Å². The van der Waals surface area contributed by atoms with Crippen molar-refractivity contribution in [3.8, 4) is 0 Å². The topological polar surface area (TPSA) is 43.1 Å². The molecule has 0 aliphatic carbocycles. The first kappa shape index (κ1) is 13.7. The Morgan fingerprint density at radius 1 is 1.24 bits per heavy atom. The molecule has 0 saturated heterocycles. The largest absolute Gasteiger partial charge is 0.326 e. The van der Waals surface area contributed by atoms with E-state index in [2.05, 4.69) is 0 Å². The fraction of sp³-hybridized carbons (Fsp3) is 0.417. The highest BCUT2D eigenvalue weighted by Gasteiger charge is 2.20. The first-order valence-electron chi connectivity index (χ1n) is 5.18. The SMILES string of the molecule is CC(C)(N)CCC(=O)c1ccc(F)c(F)c1F. The van der Waals surface area contributed by atoms with Crippen LogP contribution in [0.3, 0.4) is 0 Å². The monoisotopic (exact) mass is 245 g/mol. The zero-order valence-electron chi connectivity index (χ0n) is 9.69. The molecular weight excluding hydrogens is 231 g/mol. The minimum Gasteiger partial charge on any atom is -0.326 e. The van der Waals surface area contributed by atoms with E-state index in [-0.39, 0.29) is 6.42 Å². The van der Waals surface area contributed by atoms with Crippen molar-refractivity contribution in [2.75, 3.05) is 0 Å². The van der Waals surface area contributed by atoms with Gasteiger partial charge in [-0.2, -0.15) is 0 Å². The molecule has 0 unspecified atom stereocenters. The lowest BCUT2D eigenvalue weighted by molar-refractivity contribution is 0.0967. The molecule has 1 aromatic carbocycles.